The van der Waals surface area contributed by atoms with Gasteiger partial charge in [-0.05, 0) is 36.5 Å². The van der Waals surface area contributed by atoms with Gasteiger partial charge in [0.05, 0.1) is 10.5 Å². The van der Waals surface area contributed by atoms with Crippen molar-refractivity contribution in [1.29, 1.82) is 0 Å². The molecule has 0 amide bonds. The van der Waals surface area contributed by atoms with Crippen molar-refractivity contribution in [3.05, 3.63) is 23.8 Å². The lowest BCUT2D eigenvalue weighted by Gasteiger charge is -2.37. The van der Waals surface area contributed by atoms with Gasteiger partial charge in [-0.3, -0.25) is 0 Å². The molecule has 1 aromatic carbocycles. The molecule has 3 N–H and O–H groups in total. The number of carbonyl (C=O) groups is 1. The van der Waals surface area contributed by atoms with Crippen LogP contribution in [0.1, 0.15) is 37.0 Å². The Labute approximate surface area is 124 Å². The predicted molar refractivity (Wildman–Crippen MR) is 79.6 cm³/mol. The third-order valence-electron chi connectivity index (χ3n) is 3.72. The van der Waals surface area contributed by atoms with Crippen molar-refractivity contribution in [3.63, 3.8) is 0 Å². The van der Waals surface area contributed by atoms with Crippen LogP contribution in [0.5, 0.6) is 0 Å². The van der Waals surface area contributed by atoms with Gasteiger partial charge >= 0.3 is 5.97 Å². The minimum absolute atomic E-state index is 0.116. The van der Waals surface area contributed by atoms with Gasteiger partial charge in [0.2, 0.25) is 10.0 Å². The largest absolute Gasteiger partial charge is 0.478 e. The predicted octanol–water partition coefficient (Wildman–Crippen LogP) is 1.78. The summed E-state index contributed by atoms with van der Waals surface area (Å²) in [5.74, 6) is -1.27. The summed E-state index contributed by atoms with van der Waals surface area (Å²) in [6, 6.07) is 3.85. The topological polar surface area (TPSA) is 101 Å². The molecule has 0 unspecified atom stereocenters. The average molecular weight is 312 g/mol. The summed E-state index contributed by atoms with van der Waals surface area (Å²) in [7, 11) is -3.86. The van der Waals surface area contributed by atoms with Crippen molar-refractivity contribution in [1.82, 2.24) is 4.31 Å². The normalized spacial score (nSPS) is 19.3. The summed E-state index contributed by atoms with van der Waals surface area (Å²) in [4.78, 5) is 11.0. The van der Waals surface area contributed by atoms with Crippen LogP contribution in [0.25, 0.3) is 0 Å². The Bertz CT molecular complexity index is 668. The van der Waals surface area contributed by atoms with E-state index in [4.69, 9.17) is 5.73 Å². The molecule has 1 saturated heterocycles. The highest BCUT2D eigenvalue weighted by Gasteiger charge is 2.36. The average Bonchev–Trinajstić information content (AvgIpc) is 2.37. The van der Waals surface area contributed by atoms with Gasteiger partial charge in [0.15, 0.2) is 0 Å². The first-order chi connectivity index (χ1) is 9.63. The molecule has 0 spiro atoms. The number of sulfonamides is 1. The number of piperidine rings is 1. The van der Waals surface area contributed by atoms with Crippen LogP contribution in [0.2, 0.25) is 0 Å². The highest BCUT2D eigenvalue weighted by molar-refractivity contribution is 7.89. The molecule has 1 aromatic rings. The minimum Gasteiger partial charge on any atom is -0.478 e. The van der Waals surface area contributed by atoms with Gasteiger partial charge in [0.1, 0.15) is 0 Å². The number of hydrogen-bond acceptors (Lipinski definition) is 4. The number of benzene rings is 1. The number of nitrogens with zero attached hydrogens (tertiary/aromatic N) is 1. The molecule has 116 valence electrons. The van der Waals surface area contributed by atoms with Crippen LogP contribution in [0.4, 0.5) is 5.69 Å². The lowest BCUT2D eigenvalue weighted by atomic mass is 9.85. The van der Waals surface area contributed by atoms with E-state index < -0.39 is 16.0 Å². The van der Waals surface area contributed by atoms with Crippen molar-refractivity contribution in [2.45, 2.75) is 31.6 Å². The van der Waals surface area contributed by atoms with E-state index in [-0.39, 0.29) is 21.6 Å². The third kappa shape index (κ3) is 3.19. The summed E-state index contributed by atoms with van der Waals surface area (Å²) in [5, 5.41) is 9.20. The van der Waals surface area contributed by atoms with Crippen molar-refractivity contribution >= 4 is 21.7 Å². The molecule has 21 heavy (non-hydrogen) atoms. The zero-order valence-corrected chi connectivity index (χ0v) is 13.0. The molecular formula is C14H20N2O4S. The molecule has 1 fully saturated rings. The Morgan fingerprint density at radius 2 is 2.05 bits per heavy atom. The van der Waals surface area contributed by atoms with Gasteiger partial charge in [0, 0.05) is 18.8 Å². The zero-order chi connectivity index (χ0) is 15.8. The Morgan fingerprint density at radius 1 is 1.38 bits per heavy atom. The molecule has 0 aliphatic carbocycles. The lowest BCUT2D eigenvalue weighted by Crippen LogP contribution is -2.43. The first kappa shape index (κ1) is 15.8. The smallest absolute Gasteiger partial charge is 0.337 e. The lowest BCUT2D eigenvalue weighted by molar-refractivity contribution is 0.0692. The van der Waals surface area contributed by atoms with Gasteiger partial charge in [-0.15, -0.1) is 0 Å². The Kier molecular flexibility index (Phi) is 3.99. The van der Waals surface area contributed by atoms with E-state index in [9.17, 15) is 18.3 Å². The van der Waals surface area contributed by atoms with Crippen LogP contribution in [0, 0.1) is 5.41 Å². The highest BCUT2D eigenvalue weighted by atomic mass is 32.2. The fourth-order valence-electron chi connectivity index (χ4n) is 2.64. The van der Waals surface area contributed by atoms with Crippen LogP contribution in [-0.2, 0) is 10.0 Å². The second-order valence-electron chi connectivity index (χ2n) is 6.17. The zero-order valence-electron chi connectivity index (χ0n) is 12.2. The monoisotopic (exact) mass is 312 g/mol. The summed E-state index contributed by atoms with van der Waals surface area (Å²) in [6.45, 7) is 4.79. The quantitative estimate of drug-likeness (QED) is 0.829. The third-order valence-corrected chi connectivity index (χ3v) is 5.60. The van der Waals surface area contributed by atoms with Gasteiger partial charge in [-0.2, -0.15) is 4.31 Å². The molecule has 0 radical (unpaired) electrons. The number of nitrogen functional groups attached to an aromatic ring is 1. The molecule has 7 heteroatoms. The number of aromatic carboxylic acids is 1. The summed E-state index contributed by atoms with van der Waals surface area (Å²) < 4.78 is 26.9. The van der Waals surface area contributed by atoms with Crippen LogP contribution in [-0.4, -0.2) is 36.9 Å². The standard InChI is InChI=1S/C14H20N2O4S/c1-14(2)6-3-7-16(9-14)21(19,20)12-8-10(15)4-5-11(12)13(17)18/h4-5,8H,3,6-7,9,15H2,1-2H3,(H,17,18). The van der Waals surface area contributed by atoms with E-state index in [0.717, 1.165) is 12.8 Å². The second kappa shape index (κ2) is 5.31. The van der Waals surface area contributed by atoms with Gasteiger partial charge in [-0.1, -0.05) is 13.8 Å². The molecule has 2 rings (SSSR count). The first-order valence-electron chi connectivity index (χ1n) is 6.76. The number of anilines is 1. The van der Waals surface area contributed by atoms with Crippen molar-refractivity contribution in [2.24, 2.45) is 5.41 Å². The number of nitrogens with two attached hydrogens (primary N) is 1. The number of rotatable bonds is 3. The van der Waals surface area contributed by atoms with E-state index in [1.165, 1.54) is 22.5 Å². The van der Waals surface area contributed by atoms with E-state index >= 15 is 0 Å². The molecule has 0 aromatic heterocycles. The van der Waals surface area contributed by atoms with Crippen molar-refractivity contribution < 1.29 is 18.3 Å². The van der Waals surface area contributed by atoms with E-state index in [0.29, 0.717) is 13.1 Å². The van der Waals surface area contributed by atoms with Crippen LogP contribution < -0.4 is 5.73 Å². The number of carboxylic acid groups (broad SMARTS) is 1. The molecule has 0 bridgehead atoms. The van der Waals surface area contributed by atoms with Gasteiger partial charge in [-0.25, -0.2) is 13.2 Å². The fraction of sp³-hybridized carbons (Fsp3) is 0.500. The first-order valence-corrected chi connectivity index (χ1v) is 8.20. The number of hydrogen-bond donors (Lipinski definition) is 2. The molecule has 0 atom stereocenters. The minimum atomic E-state index is -3.86. The molecule has 1 aliphatic heterocycles. The molecule has 6 nitrogen and oxygen atoms in total. The SMILES string of the molecule is CC1(C)CCCN(S(=O)(=O)c2cc(N)ccc2C(=O)O)C1. The van der Waals surface area contributed by atoms with Crippen molar-refractivity contribution in [3.8, 4) is 0 Å². The summed E-state index contributed by atoms with van der Waals surface area (Å²) in [6.07, 6.45) is 1.71. The van der Waals surface area contributed by atoms with E-state index in [1.807, 2.05) is 13.8 Å². The summed E-state index contributed by atoms with van der Waals surface area (Å²) >= 11 is 0. The molecule has 1 aliphatic rings. The van der Waals surface area contributed by atoms with Crippen LogP contribution in [0.3, 0.4) is 0 Å². The Hall–Kier alpha value is -1.60. The van der Waals surface area contributed by atoms with E-state index in [1.54, 1.807) is 0 Å². The number of carboxylic acids is 1. The maximum atomic E-state index is 12.8. The molecule has 1 heterocycles. The molecular weight excluding hydrogens is 292 g/mol. The summed E-state index contributed by atoms with van der Waals surface area (Å²) in [5.41, 5.74) is 5.50. The van der Waals surface area contributed by atoms with Gasteiger partial charge in [0.25, 0.3) is 0 Å². The second-order valence-corrected chi connectivity index (χ2v) is 8.07. The van der Waals surface area contributed by atoms with E-state index in [2.05, 4.69) is 0 Å². The maximum absolute atomic E-state index is 12.8. The Morgan fingerprint density at radius 3 is 2.62 bits per heavy atom. The van der Waals surface area contributed by atoms with Crippen LogP contribution in [0.15, 0.2) is 23.1 Å². The van der Waals surface area contributed by atoms with Crippen LogP contribution >= 0.6 is 0 Å². The maximum Gasteiger partial charge on any atom is 0.337 e. The molecule has 0 saturated carbocycles. The highest BCUT2D eigenvalue weighted by Crippen LogP contribution is 2.33. The van der Waals surface area contributed by atoms with Gasteiger partial charge < -0.3 is 10.8 Å². The Balaban J connectivity index is 2.49. The fourth-order valence-corrected chi connectivity index (χ4v) is 4.53. The van der Waals surface area contributed by atoms with Crippen molar-refractivity contribution in [2.75, 3.05) is 18.8 Å².